The molecule has 0 saturated heterocycles. The molecule has 28 heavy (non-hydrogen) atoms. The van der Waals surface area contributed by atoms with Crippen LogP contribution in [-0.2, 0) is 6.42 Å². The number of ether oxygens (including phenoxy) is 1. The molecule has 1 N–H and O–H groups in total. The number of hydrogen-bond donors (Lipinski definition) is 1. The second-order valence-electron chi connectivity index (χ2n) is 6.03. The largest absolute Gasteiger partial charge is 0.457 e. The summed E-state index contributed by atoms with van der Waals surface area (Å²) in [6, 6.07) is 26.5. The van der Waals surface area contributed by atoms with Crippen LogP contribution in [0.1, 0.15) is 20.9 Å². The van der Waals surface area contributed by atoms with Crippen LogP contribution in [0.4, 0.5) is 5.13 Å². The van der Waals surface area contributed by atoms with Crippen molar-refractivity contribution in [2.75, 3.05) is 5.32 Å². The molecule has 0 radical (unpaired) electrons. The number of rotatable bonds is 6. The van der Waals surface area contributed by atoms with E-state index in [-0.39, 0.29) is 5.91 Å². The fourth-order valence-electron chi connectivity index (χ4n) is 2.67. The molecule has 0 unspecified atom stereocenters. The first-order chi connectivity index (χ1) is 13.8. The minimum atomic E-state index is -0.283. The molecule has 0 spiro atoms. The Morgan fingerprint density at radius 3 is 2.32 bits per heavy atom. The van der Waals surface area contributed by atoms with Crippen LogP contribution in [-0.4, -0.2) is 16.1 Å². The van der Waals surface area contributed by atoms with Crippen molar-refractivity contribution in [3.05, 3.63) is 101 Å². The predicted octanol–water partition coefficient (Wildman–Crippen LogP) is 5.17. The number of hydrogen-bond acceptors (Lipinski definition) is 5. The molecule has 4 aromatic rings. The molecule has 0 saturated carbocycles. The van der Waals surface area contributed by atoms with Crippen molar-refractivity contribution in [2.24, 2.45) is 0 Å². The van der Waals surface area contributed by atoms with Crippen molar-refractivity contribution in [3.8, 4) is 11.5 Å². The Morgan fingerprint density at radius 2 is 1.54 bits per heavy atom. The summed E-state index contributed by atoms with van der Waals surface area (Å²) in [5.74, 6) is 0.873. The molecule has 1 aromatic heterocycles. The standard InChI is InChI=1S/C22H17N3O2S/c26-21(18-13-7-8-14-19(18)27-17-11-5-2-6-12-17)23-22-25-24-20(28-22)15-16-9-3-1-4-10-16/h1-14H,15H2,(H,23,25,26). The fraction of sp³-hybridized carbons (Fsp3) is 0.0455. The van der Waals surface area contributed by atoms with E-state index in [2.05, 4.69) is 15.5 Å². The lowest BCUT2D eigenvalue weighted by Gasteiger charge is -2.10. The molecule has 6 heteroatoms. The van der Waals surface area contributed by atoms with E-state index in [0.717, 1.165) is 10.6 Å². The maximum atomic E-state index is 12.7. The number of aromatic nitrogens is 2. The van der Waals surface area contributed by atoms with E-state index in [1.54, 1.807) is 18.2 Å². The zero-order chi connectivity index (χ0) is 19.2. The van der Waals surface area contributed by atoms with Gasteiger partial charge in [0.25, 0.3) is 5.91 Å². The Morgan fingerprint density at radius 1 is 0.857 bits per heavy atom. The van der Waals surface area contributed by atoms with Gasteiger partial charge in [0.1, 0.15) is 16.5 Å². The van der Waals surface area contributed by atoms with E-state index in [9.17, 15) is 4.79 Å². The number of nitrogens with zero attached hydrogens (tertiary/aromatic N) is 2. The Hall–Kier alpha value is -3.51. The Balaban J connectivity index is 1.47. The van der Waals surface area contributed by atoms with Crippen LogP contribution in [0.15, 0.2) is 84.9 Å². The van der Waals surface area contributed by atoms with Gasteiger partial charge in [-0.05, 0) is 29.8 Å². The maximum Gasteiger partial charge on any atom is 0.261 e. The van der Waals surface area contributed by atoms with E-state index in [1.807, 2.05) is 66.7 Å². The highest BCUT2D eigenvalue weighted by Gasteiger charge is 2.15. The molecule has 4 rings (SSSR count). The zero-order valence-electron chi connectivity index (χ0n) is 14.9. The van der Waals surface area contributed by atoms with Gasteiger partial charge in [0.15, 0.2) is 0 Å². The van der Waals surface area contributed by atoms with Gasteiger partial charge < -0.3 is 4.74 Å². The smallest absolute Gasteiger partial charge is 0.261 e. The van der Waals surface area contributed by atoms with Crippen molar-refractivity contribution in [1.82, 2.24) is 10.2 Å². The molecule has 0 fully saturated rings. The molecule has 1 heterocycles. The van der Waals surface area contributed by atoms with E-state index in [1.165, 1.54) is 11.3 Å². The zero-order valence-corrected chi connectivity index (χ0v) is 15.7. The number of amides is 1. The van der Waals surface area contributed by atoms with Crippen LogP contribution in [0.25, 0.3) is 0 Å². The van der Waals surface area contributed by atoms with Crippen LogP contribution in [0.3, 0.4) is 0 Å². The van der Waals surface area contributed by atoms with E-state index < -0.39 is 0 Å². The lowest BCUT2D eigenvalue weighted by atomic mass is 10.2. The highest BCUT2D eigenvalue weighted by molar-refractivity contribution is 7.15. The summed E-state index contributed by atoms with van der Waals surface area (Å²) in [5.41, 5.74) is 1.59. The SMILES string of the molecule is O=C(Nc1nnc(Cc2ccccc2)s1)c1ccccc1Oc1ccccc1. The van der Waals surface area contributed by atoms with Gasteiger partial charge in [0.05, 0.1) is 5.56 Å². The number of carbonyl (C=O) groups is 1. The normalized spacial score (nSPS) is 10.4. The molecular weight excluding hydrogens is 370 g/mol. The van der Waals surface area contributed by atoms with Crippen molar-refractivity contribution in [2.45, 2.75) is 6.42 Å². The molecule has 138 valence electrons. The van der Waals surface area contributed by atoms with E-state index in [0.29, 0.717) is 28.6 Å². The summed E-state index contributed by atoms with van der Waals surface area (Å²) in [5, 5.41) is 12.4. The Kier molecular flexibility index (Phi) is 5.40. The highest BCUT2D eigenvalue weighted by atomic mass is 32.1. The van der Waals surface area contributed by atoms with Gasteiger partial charge in [-0.1, -0.05) is 72.0 Å². The second-order valence-corrected chi connectivity index (χ2v) is 7.09. The topological polar surface area (TPSA) is 64.1 Å². The molecular formula is C22H17N3O2S. The summed E-state index contributed by atoms with van der Waals surface area (Å²) < 4.78 is 5.86. The Labute approximate surface area is 166 Å². The molecule has 1 amide bonds. The van der Waals surface area contributed by atoms with Crippen LogP contribution in [0.2, 0.25) is 0 Å². The van der Waals surface area contributed by atoms with Gasteiger partial charge in [-0.2, -0.15) is 0 Å². The highest BCUT2D eigenvalue weighted by Crippen LogP contribution is 2.26. The molecule has 0 aliphatic heterocycles. The summed E-state index contributed by atoms with van der Waals surface area (Å²) in [4.78, 5) is 12.7. The fourth-order valence-corrected chi connectivity index (χ4v) is 3.44. The van der Waals surface area contributed by atoms with Gasteiger partial charge in [-0.25, -0.2) is 0 Å². The van der Waals surface area contributed by atoms with Gasteiger partial charge in [0, 0.05) is 6.42 Å². The minimum Gasteiger partial charge on any atom is -0.457 e. The van der Waals surface area contributed by atoms with Gasteiger partial charge in [-0.3, -0.25) is 10.1 Å². The van der Waals surface area contributed by atoms with Gasteiger partial charge in [-0.15, -0.1) is 10.2 Å². The lowest BCUT2D eigenvalue weighted by Crippen LogP contribution is -2.12. The third-order valence-corrected chi connectivity index (χ3v) is 4.83. The lowest BCUT2D eigenvalue weighted by molar-refractivity contribution is 0.102. The molecule has 0 aliphatic carbocycles. The summed E-state index contributed by atoms with van der Waals surface area (Å²) in [7, 11) is 0. The molecule has 0 aliphatic rings. The first-order valence-electron chi connectivity index (χ1n) is 8.77. The second kappa shape index (κ2) is 8.45. The van der Waals surface area contributed by atoms with Gasteiger partial charge >= 0.3 is 0 Å². The Bertz CT molecular complexity index is 1070. The molecule has 3 aromatic carbocycles. The van der Waals surface area contributed by atoms with Gasteiger partial charge in [0.2, 0.25) is 5.13 Å². The summed E-state index contributed by atoms with van der Waals surface area (Å²) in [6.07, 6.45) is 0.683. The van der Waals surface area contributed by atoms with Crippen LogP contribution in [0, 0.1) is 0 Å². The van der Waals surface area contributed by atoms with E-state index in [4.69, 9.17) is 4.74 Å². The average molecular weight is 387 g/mol. The first kappa shape index (κ1) is 17.9. The minimum absolute atomic E-state index is 0.283. The quantitative estimate of drug-likeness (QED) is 0.495. The van der Waals surface area contributed by atoms with Crippen LogP contribution in [0.5, 0.6) is 11.5 Å². The summed E-state index contributed by atoms with van der Waals surface area (Å²) >= 11 is 1.37. The number of para-hydroxylation sites is 2. The first-order valence-corrected chi connectivity index (χ1v) is 9.59. The van der Waals surface area contributed by atoms with Crippen LogP contribution >= 0.6 is 11.3 Å². The average Bonchev–Trinajstić information content (AvgIpc) is 3.16. The number of anilines is 1. The van der Waals surface area contributed by atoms with Crippen molar-refractivity contribution in [1.29, 1.82) is 0 Å². The number of carbonyl (C=O) groups excluding carboxylic acids is 1. The molecule has 0 atom stereocenters. The monoisotopic (exact) mass is 387 g/mol. The predicted molar refractivity (Wildman–Crippen MR) is 110 cm³/mol. The van der Waals surface area contributed by atoms with Crippen molar-refractivity contribution >= 4 is 22.4 Å². The molecule has 5 nitrogen and oxygen atoms in total. The van der Waals surface area contributed by atoms with E-state index >= 15 is 0 Å². The maximum absolute atomic E-state index is 12.7. The summed E-state index contributed by atoms with van der Waals surface area (Å²) in [6.45, 7) is 0. The van der Waals surface area contributed by atoms with Crippen molar-refractivity contribution in [3.63, 3.8) is 0 Å². The third kappa shape index (κ3) is 4.42. The number of nitrogens with one attached hydrogen (secondary N) is 1. The third-order valence-electron chi connectivity index (χ3n) is 3.99. The van der Waals surface area contributed by atoms with Crippen molar-refractivity contribution < 1.29 is 9.53 Å². The van der Waals surface area contributed by atoms with Crippen LogP contribution < -0.4 is 10.1 Å². The molecule has 0 bridgehead atoms. The number of benzene rings is 3.